The summed E-state index contributed by atoms with van der Waals surface area (Å²) < 4.78 is 34.1. The molecule has 18 heteroatoms. The highest BCUT2D eigenvalue weighted by atomic mass is 16.7. The Morgan fingerprint density at radius 1 is 0.915 bits per heavy atom. The van der Waals surface area contributed by atoms with E-state index in [-0.39, 0.29) is 34.3 Å². The molecule has 3 aromatic carbocycles. The van der Waals surface area contributed by atoms with Gasteiger partial charge in [-0.05, 0) is 60.0 Å². The molecular formula is C41H44O18. The van der Waals surface area contributed by atoms with Gasteiger partial charge in [0, 0.05) is 36.6 Å². The zero-order valence-electron chi connectivity index (χ0n) is 31.6. The van der Waals surface area contributed by atoms with Gasteiger partial charge in [-0.2, -0.15) is 0 Å². The van der Waals surface area contributed by atoms with E-state index in [2.05, 4.69) is 6.58 Å². The molecule has 0 spiro atoms. The maximum Gasteiger partial charge on any atom is 0.338 e. The molecule has 1 saturated heterocycles. The zero-order chi connectivity index (χ0) is 42.9. The van der Waals surface area contributed by atoms with E-state index in [0.29, 0.717) is 22.4 Å². The van der Waals surface area contributed by atoms with Crippen LogP contribution in [0.5, 0.6) is 34.5 Å². The quantitative estimate of drug-likeness (QED) is 0.0738. The van der Waals surface area contributed by atoms with E-state index in [1.165, 1.54) is 37.5 Å². The molecule has 0 aromatic heterocycles. The van der Waals surface area contributed by atoms with E-state index in [0.717, 1.165) is 23.8 Å². The first-order valence-corrected chi connectivity index (χ1v) is 18.2. The molecule has 59 heavy (non-hydrogen) atoms. The van der Waals surface area contributed by atoms with Gasteiger partial charge in [-0.3, -0.25) is 0 Å². The third kappa shape index (κ3) is 8.93. The lowest BCUT2D eigenvalue weighted by molar-refractivity contribution is -0.295. The summed E-state index contributed by atoms with van der Waals surface area (Å²) in [5.41, 5.74) is -0.307. The lowest BCUT2D eigenvalue weighted by Gasteiger charge is -2.42. The highest BCUT2D eigenvalue weighted by Gasteiger charge is 2.52. The molecule has 0 amide bonds. The standard InChI is InChI=1S/C41H44O18/c1-4-20-10-21(11-28(54-3)18(20)2)38-30(14-23-25(44)12-22(42)13-29(23)57-38)58-39-37(51)36(50)35(49)32(59-39)17-55-40(52)41(53)15-27(46)34(48)31(16-41)56-33(47)8-6-19-5-7-24(43)26(45)9-19/h4-14,27,31-32,34-39,42-46,48-51,53H,1,15-17H2,2-3H3. The summed E-state index contributed by atoms with van der Waals surface area (Å²) in [5.74, 6) is -3.51. The molecule has 1 aliphatic carbocycles. The summed E-state index contributed by atoms with van der Waals surface area (Å²) >= 11 is 0. The number of fused-ring (bicyclic) bond motifs is 1. The monoisotopic (exact) mass is 824 g/mol. The Balaban J connectivity index is 1.18. The lowest BCUT2D eigenvalue weighted by atomic mass is 9.79. The molecule has 6 rings (SSSR count). The third-order valence-electron chi connectivity index (χ3n) is 10.3. The van der Waals surface area contributed by atoms with Gasteiger partial charge in [0.15, 0.2) is 23.2 Å². The first-order chi connectivity index (χ1) is 27.9. The van der Waals surface area contributed by atoms with Crippen molar-refractivity contribution in [2.45, 2.75) is 80.5 Å². The molecule has 10 atom stereocenters. The van der Waals surface area contributed by atoms with Crippen molar-refractivity contribution in [3.05, 3.63) is 88.7 Å². The minimum atomic E-state index is -2.54. The summed E-state index contributed by atoms with van der Waals surface area (Å²) in [6, 6.07) is 9.42. The Morgan fingerprint density at radius 3 is 2.36 bits per heavy atom. The number of carbonyl (C=O) groups is 2. The summed E-state index contributed by atoms with van der Waals surface area (Å²) in [7, 11) is 1.46. The van der Waals surface area contributed by atoms with Crippen LogP contribution in [0.25, 0.3) is 18.2 Å². The van der Waals surface area contributed by atoms with Crippen LogP contribution in [-0.4, -0.2) is 131 Å². The smallest absolute Gasteiger partial charge is 0.338 e. The van der Waals surface area contributed by atoms with Crippen LogP contribution in [0.4, 0.5) is 0 Å². The van der Waals surface area contributed by atoms with Crippen LogP contribution in [-0.2, 0) is 28.5 Å². The predicted octanol–water partition coefficient (Wildman–Crippen LogP) is 1.18. The minimum Gasteiger partial charge on any atom is -0.508 e. The summed E-state index contributed by atoms with van der Waals surface area (Å²) in [4.78, 5) is 25.9. The minimum absolute atomic E-state index is 0.0619. The van der Waals surface area contributed by atoms with Crippen molar-refractivity contribution in [2.75, 3.05) is 13.7 Å². The van der Waals surface area contributed by atoms with Crippen molar-refractivity contribution < 1.29 is 89.1 Å². The number of aliphatic hydroxyl groups is 6. The molecule has 1 saturated carbocycles. The second kappa shape index (κ2) is 17.2. The number of phenolic OH excluding ortho intramolecular Hbond substituents is 4. The fourth-order valence-electron chi connectivity index (χ4n) is 6.98. The van der Waals surface area contributed by atoms with Crippen LogP contribution in [0.2, 0.25) is 0 Å². The van der Waals surface area contributed by atoms with Gasteiger partial charge in [-0.25, -0.2) is 9.59 Å². The maximum absolute atomic E-state index is 13.3. The number of ether oxygens (including phenoxy) is 6. The van der Waals surface area contributed by atoms with Gasteiger partial charge in [0.25, 0.3) is 0 Å². The number of carbonyl (C=O) groups excluding carboxylic acids is 2. The molecule has 3 aliphatic rings. The van der Waals surface area contributed by atoms with E-state index >= 15 is 0 Å². The number of hydrogen-bond donors (Lipinski definition) is 10. The summed E-state index contributed by atoms with van der Waals surface area (Å²) in [6.45, 7) is 4.80. The molecule has 10 N–H and O–H groups in total. The van der Waals surface area contributed by atoms with Crippen LogP contribution < -0.4 is 9.47 Å². The fraction of sp³-hybridized carbons (Fsp3) is 0.366. The Morgan fingerprint density at radius 2 is 1.66 bits per heavy atom. The normalized spacial score (nSPS) is 29.1. The predicted molar refractivity (Wildman–Crippen MR) is 203 cm³/mol. The number of phenols is 4. The number of benzene rings is 3. The average molecular weight is 825 g/mol. The molecular weight excluding hydrogens is 780 g/mol. The number of aliphatic hydroxyl groups excluding tert-OH is 5. The summed E-state index contributed by atoms with van der Waals surface area (Å²) in [5, 5.41) is 105. The number of methoxy groups -OCH3 is 1. The van der Waals surface area contributed by atoms with Crippen LogP contribution in [0.15, 0.2) is 60.9 Å². The van der Waals surface area contributed by atoms with E-state index in [1.54, 1.807) is 18.2 Å². The number of rotatable bonds is 11. The van der Waals surface area contributed by atoms with Gasteiger partial charge in [0.1, 0.15) is 72.0 Å². The first kappa shape index (κ1) is 42.7. The number of hydrogen-bond acceptors (Lipinski definition) is 18. The number of aromatic hydroxyl groups is 4. The SMILES string of the molecule is C=Cc1cc(C2Oc3cc(O)cc(O)c3C=C2OC2OC(COC(=O)C3(O)CC(O)C(O)C(OC(=O)C=Cc4ccc(O)c(O)c4)C3)C(O)C(O)C2O)cc(OC)c1C. The second-order valence-electron chi connectivity index (χ2n) is 14.3. The zero-order valence-corrected chi connectivity index (χ0v) is 31.6. The Hall–Kier alpha value is -5.86. The molecule has 2 aliphatic heterocycles. The Labute approximate surface area is 336 Å². The third-order valence-corrected chi connectivity index (χ3v) is 10.3. The van der Waals surface area contributed by atoms with Crippen LogP contribution >= 0.6 is 0 Å². The molecule has 2 fully saturated rings. The molecule has 0 bridgehead atoms. The first-order valence-electron chi connectivity index (χ1n) is 18.2. The van der Waals surface area contributed by atoms with Crippen molar-refractivity contribution in [1.82, 2.24) is 0 Å². The van der Waals surface area contributed by atoms with Gasteiger partial charge in [0.05, 0.1) is 18.8 Å². The number of esters is 2. The van der Waals surface area contributed by atoms with Crippen molar-refractivity contribution in [1.29, 1.82) is 0 Å². The van der Waals surface area contributed by atoms with Gasteiger partial charge >= 0.3 is 11.9 Å². The van der Waals surface area contributed by atoms with E-state index < -0.39 is 97.9 Å². The molecule has 316 valence electrons. The van der Waals surface area contributed by atoms with E-state index in [9.17, 15) is 60.7 Å². The van der Waals surface area contributed by atoms with Gasteiger partial charge in [0.2, 0.25) is 6.29 Å². The average Bonchev–Trinajstić information content (AvgIpc) is 3.19. The van der Waals surface area contributed by atoms with E-state index in [1.807, 2.05) is 6.92 Å². The Kier molecular flexibility index (Phi) is 12.4. The van der Waals surface area contributed by atoms with Crippen LogP contribution in [0.1, 0.15) is 46.8 Å². The van der Waals surface area contributed by atoms with Crippen LogP contribution in [0.3, 0.4) is 0 Å². The topological polar surface area (TPSA) is 292 Å². The molecule has 18 nitrogen and oxygen atoms in total. The second-order valence-corrected chi connectivity index (χ2v) is 14.3. The molecule has 3 aromatic rings. The summed E-state index contributed by atoms with van der Waals surface area (Å²) in [6.07, 6.45) is -11.8. The molecule has 0 radical (unpaired) electrons. The van der Waals surface area contributed by atoms with Gasteiger partial charge in [-0.1, -0.05) is 18.7 Å². The largest absolute Gasteiger partial charge is 0.508 e. The fourth-order valence-corrected chi connectivity index (χ4v) is 6.98. The Bertz CT molecular complexity index is 2150. The molecule has 10 unspecified atom stereocenters. The van der Waals surface area contributed by atoms with Gasteiger partial charge < -0.3 is 79.5 Å². The lowest BCUT2D eigenvalue weighted by Crippen LogP contribution is -2.60. The maximum atomic E-state index is 13.3. The van der Waals surface area contributed by atoms with Crippen LogP contribution in [0, 0.1) is 6.92 Å². The van der Waals surface area contributed by atoms with E-state index in [4.69, 9.17) is 28.4 Å². The molecule has 2 heterocycles. The highest BCUT2D eigenvalue weighted by Crippen LogP contribution is 2.45. The van der Waals surface area contributed by atoms with Crippen molar-refractivity contribution in [2.24, 2.45) is 0 Å². The van der Waals surface area contributed by atoms with Crippen molar-refractivity contribution in [3.8, 4) is 34.5 Å². The highest BCUT2D eigenvalue weighted by molar-refractivity contribution is 5.87. The van der Waals surface area contributed by atoms with Crippen molar-refractivity contribution in [3.63, 3.8) is 0 Å². The van der Waals surface area contributed by atoms with Gasteiger partial charge in [-0.15, -0.1) is 0 Å². The van der Waals surface area contributed by atoms with Crippen molar-refractivity contribution >= 4 is 30.2 Å².